The Kier molecular flexibility index (Phi) is 7.47. The van der Waals surface area contributed by atoms with Crippen LogP contribution in [0.25, 0.3) is 10.8 Å². The predicted molar refractivity (Wildman–Crippen MR) is 124 cm³/mol. The Labute approximate surface area is 188 Å². The summed E-state index contributed by atoms with van der Waals surface area (Å²) in [5.41, 5.74) is 1.76. The molecule has 6 heteroatoms. The molecule has 0 saturated carbocycles. The minimum absolute atomic E-state index is 0.0199. The van der Waals surface area contributed by atoms with Gasteiger partial charge in [-0.2, -0.15) is 5.26 Å². The van der Waals surface area contributed by atoms with Crippen LogP contribution in [0.4, 0.5) is 0 Å². The van der Waals surface area contributed by atoms with E-state index in [4.69, 9.17) is 9.84 Å². The Morgan fingerprint density at radius 2 is 1.81 bits per heavy atom. The van der Waals surface area contributed by atoms with Crippen molar-refractivity contribution in [2.75, 3.05) is 13.2 Å². The molecular formula is C26H28N2O4. The van der Waals surface area contributed by atoms with E-state index >= 15 is 0 Å². The van der Waals surface area contributed by atoms with Crippen molar-refractivity contribution < 1.29 is 19.7 Å². The molecule has 32 heavy (non-hydrogen) atoms. The topological polar surface area (TPSA) is 103 Å². The van der Waals surface area contributed by atoms with Crippen LogP contribution in [0.2, 0.25) is 0 Å². The van der Waals surface area contributed by atoms with Crippen molar-refractivity contribution in [1.29, 1.82) is 5.26 Å². The molecule has 0 aliphatic carbocycles. The van der Waals surface area contributed by atoms with Crippen LogP contribution in [0.15, 0.2) is 60.7 Å². The molecule has 0 aliphatic rings. The summed E-state index contributed by atoms with van der Waals surface area (Å²) in [6.45, 7) is 4.53. The van der Waals surface area contributed by atoms with Crippen LogP contribution in [0, 0.1) is 11.3 Å². The second kappa shape index (κ2) is 10.3. The summed E-state index contributed by atoms with van der Waals surface area (Å²) < 4.78 is 5.62. The molecule has 3 aromatic carbocycles. The number of rotatable bonds is 10. The van der Waals surface area contributed by atoms with Crippen molar-refractivity contribution in [1.82, 2.24) is 5.32 Å². The van der Waals surface area contributed by atoms with Gasteiger partial charge in [0.25, 0.3) is 0 Å². The van der Waals surface area contributed by atoms with Crippen molar-refractivity contribution >= 4 is 16.7 Å². The van der Waals surface area contributed by atoms with Gasteiger partial charge in [0.1, 0.15) is 24.5 Å². The molecule has 0 aliphatic heterocycles. The van der Waals surface area contributed by atoms with Crippen molar-refractivity contribution in [2.45, 2.75) is 38.3 Å². The van der Waals surface area contributed by atoms with Gasteiger partial charge in [0.05, 0.1) is 12.0 Å². The fourth-order valence-electron chi connectivity index (χ4n) is 3.64. The number of hydrogen-bond donors (Lipinski definition) is 3. The van der Waals surface area contributed by atoms with Gasteiger partial charge in [-0.05, 0) is 54.3 Å². The molecule has 0 fully saturated rings. The molecule has 0 radical (unpaired) electrons. The summed E-state index contributed by atoms with van der Waals surface area (Å²) >= 11 is 0. The van der Waals surface area contributed by atoms with Crippen LogP contribution >= 0.6 is 0 Å². The second-order valence-electron chi connectivity index (χ2n) is 8.60. The van der Waals surface area contributed by atoms with E-state index in [0.717, 1.165) is 6.42 Å². The number of carboxylic acids is 1. The fraction of sp³-hybridized carbons (Fsp3) is 0.308. The lowest BCUT2D eigenvalue weighted by Gasteiger charge is -2.28. The SMILES string of the molecule is CC(C)(Cc1ccc2ccccc2c1)NCC(O)COc1ccc(CC(=O)O)cc1C#N. The standard InChI is InChI=1S/C26H28N2O4/c1-26(2,14-19-7-9-20-5-3-4-6-21(20)12-19)28-16-23(29)17-32-24-10-8-18(13-25(30)31)11-22(24)15-27/h3-12,23,28-29H,13-14,16-17H2,1-2H3,(H,30,31). The van der Waals surface area contributed by atoms with Crippen LogP contribution in [0.1, 0.15) is 30.5 Å². The highest BCUT2D eigenvalue weighted by Crippen LogP contribution is 2.21. The van der Waals surface area contributed by atoms with Crippen LogP contribution < -0.4 is 10.1 Å². The normalized spacial score (nSPS) is 12.3. The summed E-state index contributed by atoms with van der Waals surface area (Å²) in [5.74, 6) is -0.633. The van der Waals surface area contributed by atoms with Crippen LogP contribution in [0.5, 0.6) is 5.75 Å². The first-order chi connectivity index (χ1) is 15.3. The zero-order valence-electron chi connectivity index (χ0n) is 18.3. The highest BCUT2D eigenvalue weighted by atomic mass is 16.5. The Morgan fingerprint density at radius 3 is 2.53 bits per heavy atom. The molecule has 3 aromatic rings. The average molecular weight is 433 g/mol. The van der Waals surface area contributed by atoms with E-state index in [1.54, 1.807) is 12.1 Å². The molecule has 1 atom stereocenters. The Balaban J connectivity index is 1.52. The van der Waals surface area contributed by atoms with E-state index < -0.39 is 12.1 Å². The molecule has 1 unspecified atom stereocenters. The van der Waals surface area contributed by atoms with Gasteiger partial charge in [-0.15, -0.1) is 0 Å². The number of nitrogens with one attached hydrogen (secondary N) is 1. The molecule has 0 heterocycles. The summed E-state index contributed by atoms with van der Waals surface area (Å²) in [7, 11) is 0. The van der Waals surface area contributed by atoms with E-state index in [1.165, 1.54) is 22.4 Å². The number of aliphatic carboxylic acids is 1. The quantitative estimate of drug-likeness (QED) is 0.452. The van der Waals surface area contributed by atoms with Gasteiger partial charge in [0.2, 0.25) is 0 Å². The number of ether oxygens (including phenoxy) is 1. The van der Waals surface area contributed by atoms with Crippen LogP contribution in [-0.4, -0.2) is 41.0 Å². The lowest BCUT2D eigenvalue weighted by atomic mass is 9.93. The Hall–Kier alpha value is -3.40. The lowest BCUT2D eigenvalue weighted by Crippen LogP contribution is -2.46. The number of hydrogen-bond acceptors (Lipinski definition) is 5. The van der Waals surface area contributed by atoms with Gasteiger partial charge >= 0.3 is 5.97 Å². The van der Waals surface area contributed by atoms with E-state index in [9.17, 15) is 15.2 Å². The third kappa shape index (κ3) is 6.55. The first-order valence-electron chi connectivity index (χ1n) is 10.5. The van der Waals surface area contributed by atoms with Crippen molar-refractivity contribution in [2.24, 2.45) is 0 Å². The van der Waals surface area contributed by atoms with Gasteiger partial charge < -0.3 is 20.3 Å². The number of carboxylic acid groups (broad SMARTS) is 1. The molecule has 0 saturated heterocycles. The van der Waals surface area contributed by atoms with Crippen molar-refractivity contribution in [3.63, 3.8) is 0 Å². The van der Waals surface area contributed by atoms with E-state index in [2.05, 4.69) is 49.5 Å². The zero-order chi connectivity index (χ0) is 23.1. The second-order valence-corrected chi connectivity index (χ2v) is 8.60. The van der Waals surface area contributed by atoms with Crippen molar-refractivity contribution in [3.8, 4) is 11.8 Å². The molecule has 3 N–H and O–H groups in total. The van der Waals surface area contributed by atoms with Gasteiger partial charge in [0, 0.05) is 12.1 Å². The lowest BCUT2D eigenvalue weighted by molar-refractivity contribution is -0.136. The number of nitrogens with zero attached hydrogens (tertiary/aromatic N) is 1. The summed E-state index contributed by atoms with van der Waals surface area (Å²) in [6, 6.07) is 21.4. The number of fused-ring (bicyclic) bond motifs is 1. The summed E-state index contributed by atoms with van der Waals surface area (Å²) in [5, 5.41) is 34.4. The maximum absolute atomic E-state index is 10.8. The van der Waals surface area contributed by atoms with Crippen LogP contribution in [0.3, 0.4) is 0 Å². The smallest absolute Gasteiger partial charge is 0.307 e. The van der Waals surface area contributed by atoms with Gasteiger partial charge in [-0.25, -0.2) is 0 Å². The first kappa shape index (κ1) is 23.3. The monoisotopic (exact) mass is 432 g/mol. The Morgan fingerprint density at radius 1 is 1.09 bits per heavy atom. The summed E-state index contributed by atoms with van der Waals surface area (Å²) in [4.78, 5) is 10.8. The predicted octanol–water partition coefficient (Wildman–Crippen LogP) is 3.69. The maximum Gasteiger partial charge on any atom is 0.307 e. The minimum atomic E-state index is -0.963. The Bertz CT molecular complexity index is 1130. The molecule has 0 amide bonds. The first-order valence-corrected chi connectivity index (χ1v) is 10.5. The highest BCUT2D eigenvalue weighted by Gasteiger charge is 2.20. The molecule has 0 bridgehead atoms. The molecular weight excluding hydrogens is 404 g/mol. The fourth-order valence-corrected chi connectivity index (χ4v) is 3.64. The van der Waals surface area contributed by atoms with E-state index in [0.29, 0.717) is 17.9 Å². The largest absolute Gasteiger partial charge is 0.489 e. The molecule has 0 aromatic heterocycles. The number of carbonyl (C=O) groups is 1. The molecule has 6 nitrogen and oxygen atoms in total. The highest BCUT2D eigenvalue weighted by molar-refractivity contribution is 5.83. The minimum Gasteiger partial charge on any atom is -0.489 e. The van der Waals surface area contributed by atoms with Crippen molar-refractivity contribution in [3.05, 3.63) is 77.4 Å². The molecule has 3 rings (SSSR count). The third-order valence-corrected chi connectivity index (χ3v) is 5.23. The maximum atomic E-state index is 10.8. The third-order valence-electron chi connectivity index (χ3n) is 5.23. The molecule has 166 valence electrons. The van der Waals surface area contributed by atoms with E-state index in [1.807, 2.05) is 18.2 Å². The van der Waals surface area contributed by atoms with Gasteiger partial charge in [-0.1, -0.05) is 48.5 Å². The van der Waals surface area contributed by atoms with Crippen LogP contribution in [-0.2, 0) is 17.6 Å². The summed E-state index contributed by atoms with van der Waals surface area (Å²) in [6.07, 6.45) is -0.126. The van der Waals surface area contributed by atoms with Gasteiger partial charge in [0.15, 0.2) is 0 Å². The zero-order valence-corrected chi connectivity index (χ0v) is 18.3. The number of aliphatic hydroxyl groups is 1. The number of nitriles is 1. The number of β-amino-alcohol motifs (C(OH)–C–C–N with tert-alkyl or cyclic N) is 1. The number of benzene rings is 3. The molecule has 0 spiro atoms. The van der Waals surface area contributed by atoms with E-state index in [-0.39, 0.29) is 24.1 Å². The number of aliphatic hydroxyl groups excluding tert-OH is 1. The van der Waals surface area contributed by atoms with Gasteiger partial charge in [-0.3, -0.25) is 4.79 Å². The average Bonchev–Trinajstić information content (AvgIpc) is 2.76.